The molecule has 0 aromatic heterocycles. The second kappa shape index (κ2) is 19.5. The smallest absolute Gasteiger partial charge is 0.147 e. The third-order valence-electron chi connectivity index (χ3n) is 11.6. The molecule has 0 aliphatic carbocycles. The van der Waals surface area contributed by atoms with Crippen LogP contribution in [0.5, 0.6) is 23.0 Å². The van der Waals surface area contributed by atoms with E-state index in [2.05, 4.69) is 156 Å². The molecule has 64 heavy (non-hydrogen) atoms. The molecule has 0 atom stereocenters. The van der Waals surface area contributed by atoms with E-state index >= 15 is 0 Å². The van der Waals surface area contributed by atoms with Crippen LogP contribution in [0.25, 0.3) is 0 Å². The summed E-state index contributed by atoms with van der Waals surface area (Å²) < 4.78 is 26.3. The van der Waals surface area contributed by atoms with Gasteiger partial charge in [-0.1, -0.05) is 154 Å². The van der Waals surface area contributed by atoms with E-state index in [9.17, 15) is 10.2 Å². The molecule has 8 rings (SSSR count). The Morgan fingerprint density at radius 1 is 0.375 bits per heavy atom. The predicted molar refractivity (Wildman–Crippen MR) is 267 cm³/mol. The van der Waals surface area contributed by atoms with Gasteiger partial charge in [-0.25, -0.2) is 0 Å². The third kappa shape index (κ3) is 11.6. The van der Waals surface area contributed by atoms with E-state index in [-0.39, 0.29) is 33.2 Å². The van der Waals surface area contributed by atoms with Gasteiger partial charge in [-0.15, -0.1) is 0 Å². The minimum atomic E-state index is -0.219. The molecule has 0 spiro atoms. The lowest BCUT2D eigenvalue weighted by Gasteiger charge is -2.27. The van der Waals surface area contributed by atoms with Crippen molar-refractivity contribution in [2.75, 3.05) is 39.6 Å². The number of fused-ring (bicyclic) bond motifs is 10. The third-order valence-corrected chi connectivity index (χ3v) is 15.8. The highest BCUT2D eigenvalue weighted by Crippen LogP contribution is 2.56. The number of phenolic OH excluding ortho intramolecular Hbond substituents is 2. The zero-order valence-corrected chi connectivity index (χ0v) is 43.0. The lowest BCUT2D eigenvalue weighted by molar-refractivity contribution is 0.0980. The van der Waals surface area contributed by atoms with Gasteiger partial charge >= 0.3 is 0 Å². The Kier molecular flexibility index (Phi) is 14.8. The van der Waals surface area contributed by atoms with E-state index in [0.717, 1.165) is 74.3 Å². The molecule has 3 aliphatic rings. The van der Waals surface area contributed by atoms with Crippen molar-refractivity contribution in [3.05, 3.63) is 106 Å². The molecular weight excluding hydrogens is 873 g/mol. The van der Waals surface area contributed by atoms with Crippen molar-refractivity contribution in [1.29, 1.82) is 0 Å². The molecule has 5 aromatic carbocycles. The van der Waals surface area contributed by atoms with Crippen LogP contribution in [0.2, 0.25) is 0 Å². The fraction of sp³-hybridized carbons (Fsp3) is 0.444. The van der Waals surface area contributed by atoms with Crippen LogP contribution < -0.4 is 9.47 Å². The molecule has 0 amide bonds. The quantitative estimate of drug-likeness (QED) is 0.154. The van der Waals surface area contributed by atoms with Crippen molar-refractivity contribution in [3.8, 4) is 23.0 Å². The number of phenols is 2. The van der Waals surface area contributed by atoms with Gasteiger partial charge in [0.2, 0.25) is 0 Å². The number of ether oxygens (including phenoxy) is 4. The largest absolute Gasteiger partial charge is 0.506 e. The molecule has 3 heterocycles. The van der Waals surface area contributed by atoms with Crippen LogP contribution in [-0.4, -0.2) is 49.9 Å². The zero-order chi connectivity index (χ0) is 46.2. The Morgan fingerprint density at radius 2 is 0.641 bits per heavy atom. The van der Waals surface area contributed by atoms with Gasteiger partial charge < -0.3 is 29.2 Å². The second-order valence-electron chi connectivity index (χ2n) is 20.8. The summed E-state index contributed by atoms with van der Waals surface area (Å²) in [4.78, 5) is 6.47. The van der Waals surface area contributed by atoms with E-state index in [1.807, 2.05) is 0 Å². The summed E-state index contributed by atoms with van der Waals surface area (Å²) in [7, 11) is 0. The fourth-order valence-corrected chi connectivity index (χ4v) is 12.0. The first kappa shape index (κ1) is 48.6. The van der Waals surface area contributed by atoms with Gasteiger partial charge in [0.1, 0.15) is 36.2 Å². The summed E-state index contributed by atoms with van der Waals surface area (Å²) in [6, 6.07) is 25.9. The summed E-state index contributed by atoms with van der Waals surface area (Å²) in [6.07, 6.45) is 1.56. The molecule has 10 heteroatoms. The Bertz CT molecular complexity index is 2220. The number of aromatic hydroxyl groups is 2. The summed E-state index contributed by atoms with van der Waals surface area (Å²) in [5.41, 5.74) is 6.09. The van der Waals surface area contributed by atoms with Crippen LogP contribution in [0, 0.1) is 0 Å². The Hall–Kier alpha value is -3.38. The maximum atomic E-state index is 12.5. The molecule has 0 saturated heterocycles. The van der Waals surface area contributed by atoms with Crippen LogP contribution in [0.1, 0.15) is 116 Å². The highest BCUT2D eigenvalue weighted by atomic mass is 32.2. The summed E-state index contributed by atoms with van der Waals surface area (Å²) in [5, 5.41) is 25.0. The van der Waals surface area contributed by atoms with E-state index in [1.165, 1.54) is 58.2 Å². The molecule has 3 aliphatic heterocycles. The Balaban J connectivity index is 1.52. The van der Waals surface area contributed by atoms with Crippen molar-refractivity contribution in [3.63, 3.8) is 0 Å². The van der Waals surface area contributed by atoms with Crippen molar-refractivity contribution < 1.29 is 29.2 Å². The number of hydrogen-bond acceptors (Lipinski definition) is 10. The SMILES string of the molecule is CC(C)(C)c1cc2c(O)c(c1)Sc1cc(C(C)(C)C)cc3c1OCCOCCc1ccccc1CCOCCOc1c(cc(C(C)(C)C)cc1Sc1cc(C(C)(C)C)cc(c1O)S3)S2. The van der Waals surface area contributed by atoms with E-state index < -0.39 is 0 Å². The van der Waals surface area contributed by atoms with E-state index in [1.54, 1.807) is 0 Å². The maximum Gasteiger partial charge on any atom is 0.147 e. The monoisotopic (exact) mass is 938 g/mol. The molecule has 0 fully saturated rings. The van der Waals surface area contributed by atoms with Crippen molar-refractivity contribution in [2.24, 2.45) is 0 Å². The highest BCUT2D eigenvalue weighted by Gasteiger charge is 2.30. The highest BCUT2D eigenvalue weighted by molar-refractivity contribution is 8.01. The lowest BCUT2D eigenvalue weighted by atomic mass is 9.87. The van der Waals surface area contributed by atoms with Crippen LogP contribution in [0.4, 0.5) is 0 Å². The molecule has 0 saturated carbocycles. The normalized spacial score (nSPS) is 15.9. The summed E-state index contributed by atoms with van der Waals surface area (Å²) in [5.74, 6) is 1.81. The molecule has 0 unspecified atom stereocenters. The molecule has 5 aromatic rings. The topological polar surface area (TPSA) is 77.4 Å². The number of rotatable bonds is 0. The number of benzene rings is 5. The summed E-state index contributed by atoms with van der Waals surface area (Å²) >= 11 is 6.09. The fourth-order valence-electron chi connectivity index (χ4n) is 7.44. The second-order valence-corrected chi connectivity index (χ2v) is 25.2. The Labute approximate surface area is 399 Å². The van der Waals surface area contributed by atoms with Gasteiger partial charge in [0.15, 0.2) is 0 Å². The maximum absolute atomic E-state index is 12.5. The standard InChI is InChI=1S/C54H66O6S4/c1-51(2,3)35-25-39-47(55)40(26-35)62-44-30-38(54(10,11)12)32-46-50(44)60-24-22-58-20-18-34-16-14-13-15-33(34)17-19-57-21-23-59-49-43(61-39)29-37(53(7,8)9)31-45(49)63-41-27-36(52(4,5)6)28-42(64-46)48(41)56/h13-16,25-32,55-56H,17-24H2,1-12H3. The van der Waals surface area contributed by atoms with E-state index in [4.69, 9.17) is 18.9 Å². The predicted octanol–water partition coefficient (Wildman–Crippen LogP) is 14.8. The molecule has 6 nitrogen and oxygen atoms in total. The van der Waals surface area contributed by atoms with Gasteiger partial charge in [0, 0.05) is 0 Å². The first-order valence-electron chi connectivity index (χ1n) is 22.4. The van der Waals surface area contributed by atoms with Gasteiger partial charge in [-0.3, -0.25) is 0 Å². The van der Waals surface area contributed by atoms with Crippen LogP contribution in [0.3, 0.4) is 0 Å². The molecular formula is C54H66O6S4. The van der Waals surface area contributed by atoms with Crippen LogP contribution in [0.15, 0.2) is 112 Å². The van der Waals surface area contributed by atoms with Crippen molar-refractivity contribution in [2.45, 2.75) is 157 Å². The van der Waals surface area contributed by atoms with Crippen LogP contribution in [-0.2, 0) is 44.0 Å². The average molecular weight is 939 g/mol. The Morgan fingerprint density at radius 3 is 0.906 bits per heavy atom. The molecule has 10 bridgehead atoms. The summed E-state index contributed by atoms with van der Waals surface area (Å²) in [6.45, 7) is 29.1. The number of hydrogen-bond donors (Lipinski definition) is 2. The zero-order valence-electron chi connectivity index (χ0n) is 39.7. The van der Waals surface area contributed by atoms with Crippen LogP contribution >= 0.6 is 47.0 Å². The molecule has 0 radical (unpaired) electrons. The first-order valence-corrected chi connectivity index (χ1v) is 25.6. The van der Waals surface area contributed by atoms with Gasteiger partial charge in [0.05, 0.1) is 65.6 Å². The van der Waals surface area contributed by atoms with Gasteiger partial charge in [-0.2, -0.15) is 0 Å². The van der Waals surface area contributed by atoms with Gasteiger partial charge in [0.25, 0.3) is 0 Å². The first-order chi connectivity index (χ1) is 30.1. The minimum absolute atomic E-state index is 0.208. The van der Waals surface area contributed by atoms with E-state index in [0.29, 0.717) is 51.1 Å². The lowest BCUT2D eigenvalue weighted by Crippen LogP contribution is -2.14. The van der Waals surface area contributed by atoms with Crippen molar-refractivity contribution in [1.82, 2.24) is 0 Å². The average Bonchev–Trinajstić information content (AvgIpc) is 3.19. The molecule has 2 N–H and O–H groups in total. The minimum Gasteiger partial charge on any atom is -0.506 e. The van der Waals surface area contributed by atoms with Gasteiger partial charge in [-0.05, 0) is 116 Å². The molecule has 342 valence electrons. The van der Waals surface area contributed by atoms with Crippen molar-refractivity contribution >= 4 is 47.0 Å².